The number of halogens is 1. The van der Waals surface area contributed by atoms with Crippen molar-refractivity contribution in [2.45, 2.75) is 29.8 Å². The summed E-state index contributed by atoms with van der Waals surface area (Å²) >= 11 is 1.19. The second-order valence-corrected chi connectivity index (χ2v) is 9.33. The second kappa shape index (κ2) is 9.30. The van der Waals surface area contributed by atoms with Crippen molar-refractivity contribution in [1.29, 1.82) is 0 Å². The van der Waals surface area contributed by atoms with Gasteiger partial charge in [-0.1, -0.05) is 42.1 Å². The summed E-state index contributed by atoms with van der Waals surface area (Å²) in [6.07, 6.45) is 0.675. The molecule has 2 heterocycles. The summed E-state index contributed by atoms with van der Waals surface area (Å²) in [6.45, 7) is 2.31. The summed E-state index contributed by atoms with van der Waals surface area (Å²) in [5.74, 6) is 0.213. The standard InChI is InChI=1S/C26H22FN3O3S/c1-16(24(31)28-22-14-15-33-23-9-5-3-6-19(22)23)34-26-29-21-8-4-2-7-20(21)25(32)30(26)18-12-10-17(27)11-13-18/h2-13,16,22H,14-15H2,1H3,(H,28,31). The quantitative estimate of drug-likeness (QED) is 0.336. The van der Waals surface area contributed by atoms with Gasteiger partial charge >= 0.3 is 0 Å². The van der Waals surface area contributed by atoms with Crippen molar-refractivity contribution in [3.8, 4) is 11.4 Å². The number of carbonyl (C=O) groups excluding carboxylic acids is 1. The minimum absolute atomic E-state index is 0.149. The zero-order valence-corrected chi connectivity index (χ0v) is 19.2. The molecule has 34 heavy (non-hydrogen) atoms. The molecule has 1 aliphatic heterocycles. The summed E-state index contributed by atoms with van der Waals surface area (Å²) in [7, 11) is 0. The predicted molar refractivity (Wildman–Crippen MR) is 130 cm³/mol. The molecule has 1 aromatic heterocycles. The third kappa shape index (κ3) is 4.28. The number of nitrogens with one attached hydrogen (secondary N) is 1. The molecule has 0 bridgehead atoms. The molecule has 0 saturated heterocycles. The van der Waals surface area contributed by atoms with Crippen LogP contribution >= 0.6 is 11.8 Å². The normalized spacial score (nSPS) is 15.9. The maximum atomic E-state index is 13.5. The number of thioether (sulfide) groups is 1. The van der Waals surface area contributed by atoms with Crippen LogP contribution in [0, 0.1) is 5.82 Å². The van der Waals surface area contributed by atoms with Gasteiger partial charge in [0.1, 0.15) is 11.6 Å². The topological polar surface area (TPSA) is 73.2 Å². The van der Waals surface area contributed by atoms with Crippen LogP contribution in [0.2, 0.25) is 0 Å². The lowest BCUT2D eigenvalue weighted by molar-refractivity contribution is -0.121. The smallest absolute Gasteiger partial charge is 0.266 e. The van der Waals surface area contributed by atoms with E-state index in [9.17, 15) is 14.0 Å². The average molecular weight is 476 g/mol. The summed E-state index contributed by atoms with van der Waals surface area (Å²) < 4.78 is 20.6. The minimum atomic E-state index is -0.533. The molecule has 8 heteroatoms. The molecule has 0 radical (unpaired) electrons. The fourth-order valence-corrected chi connectivity index (χ4v) is 4.94. The SMILES string of the molecule is CC(Sc1nc2ccccc2c(=O)n1-c1ccc(F)cc1)C(=O)NC1CCOc2ccccc21. The van der Waals surface area contributed by atoms with Gasteiger partial charge in [0.25, 0.3) is 5.56 Å². The van der Waals surface area contributed by atoms with E-state index in [1.807, 2.05) is 30.3 Å². The second-order valence-electron chi connectivity index (χ2n) is 8.02. The number of hydrogen-bond acceptors (Lipinski definition) is 5. The molecule has 1 N–H and O–H groups in total. The molecule has 2 unspecified atom stereocenters. The molecule has 5 rings (SSSR count). The number of aromatic nitrogens is 2. The molecular weight excluding hydrogens is 453 g/mol. The third-order valence-electron chi connectivity index (χ3n) is 5.76. The molecule has 2 atom stereocenters. The average Bonchev–Trinajstić information content (AvgIpc) is 2.85. The van der Waals surface area contributed by atoms with E-state index in [1.54, 1.807) is 25.1 Å². The number of rotatable bonds is 5. The van der Waals surface area contributed by atoms with Gasteiger partial charge in [0.05, 0.1) is 34.5 Å². The first kappa shape index (κ1) is 22.2. The number of fused-ring (bicyclic) bond motifs is 2. The fraction of sp³-hybridized carbons (Fsp3) is 0.192. The molecule has 4 aromatic rings. The largest absolute Gasteiger partial charge is 0.493 e. The monoisotopic (exact) mass is 475 g/mol. The van der Waals surface area contributed by atoms with Crippen molar-refractivity contribution in [3.63, 3.8) is 0 Å². The van der Waals surface area contributed by atoms with E-state index in [4.69, 9.17) is 4.74 Å². The molecule has 0 aliphatic carbocycles. The van der Waals surface area contributed by atoms with Crippen LogP contribution in [-0.2, 0) is 4.79 Å². The molecule has 0 saturated carbocycles. The Morgan fingerprint density at radius 2 is 1.85 bits per heavy atom. The number of ether oxygens (including phenoxy) is 1. The van der Waals surface area contributed by atoms with Crippen molar-refractivity contribution in [1.82, 2.24) is 14.9 Å². The molecule has 6 nitrogen and oxygen atoms in total. The van der Waals surface area contributed by atoms with Gasteiger partial charge in [0, 0.05) is 12.0 Å². The Bertz CT molecular complexity index is 1420. The first-order chi connectivity index (χ1) is 16.5. The van der Waals surface area contributed by atoms with Crippen LogP contribution in [0.5, 0.6) is 5.75 Å². The van der Waals surface area contributed by atoms with Crippen LogP contribution in [0.15, 0.2) is 82.7 Å². The van der Waals surface area contributed by atoms with Gasteiger partial charge in [0.15, 0.2) is 5.16 Å². The fourth-order valence-electron chi connectivity index (χ4n) is 4.00. The Kier molecular flexibility index (Phi) is 6.06. The van der Waals surface area contributed by atoms with Crippen molar-refractivity contribution in [2.75, 3.05) is 6.61 Å². The Morgan fingerprint density at radius 1 is 1.12 bits per heavy atom. The molecule has 0 spiro atoms. The van der Waals surface area contributed by atoms with E-state index in [1.165, 1.54) is 40.6 Å². The minimum Gasteiger partial charge on any atom is -0.493 e. The summed E-state index contributed by atoms with van der Waals surface area (Å²) in [4.78, 5) is 31.1. The van der Waals surface area contributed by atoms with Gasteiger partial charge in [-0.25, -0.2) is 9.37 Å². The maximum Gasteiger partial charge on any atom is 0.266 e. The first-order valence-corrected chi connectivity index (χ1v) is 11.9. The highest BCUT2D eigenvalue weighted by molar-refractivity contribution is 8.00. The van der Waals surface area contributed by atoms with Crippen LogP contribution < -0.4 is 15.6 Å². The molecule has 1 aliphatic rings. The lowest BCUT2D eigenvalue weighted by atomic mass is 10.0. The highest BCUT2D eigenvalue weighted by atomic mass is 32.2. The van der Waals surface area contributed by atoms with Gasteiger partial charge in [-0.3, -0.25) is 14.2 Å². The Morgan fingerprint density at radius 3 is 2.68 bits per heavy atom. The van der Waals surface area contributed by atoms with E-state index in [2.05, 4.69) is 10.3 Å². The van der Waals surface area contributed by atoms with Crippen LogP contribution in [-0.4, -0.2) is 27.3 Å². The lowest BCUT2D eigenvalue weighted by Gasteiger charge is -2.27. The third-order valence-corrected chi connectivity index (χ3v) is 6.81. The number of carbonyl (C=O) groups is 1. The molecule has 172 valence electrons. The van der Waals surface area contributed by atoms with Crippen molar-refractivity contribution in [2.24, 2.45) is 0 Å². The van der Waals surface area contributed by atoms with E-state index in [0.717, 1.165) is 11.3 Å². The van der Waals surface area contributed by atoms with Gasteiger partial charge in [-0.2, -0.15) is 0 Å². The Hall–Kier alpha value is -3.65. The van der Waals surface area contributed by atoms with Crippen molar-refractivity contribution < 1.29 is 13.9 Å². The van der Waals surface area contributed by atoms with Gasteiger partial charge < -0.3 is 10.1 Å². The zero-order valence-electron chi connectivity index (χ0n) is 18.4. The van der Waals surface area contributed by atoms with E-state index in [0.29, 0.717) is 34.8 Å². The van der Waals surface area contributed by atoms with Gasteiger partial charge in [0.2, 0.25) is 5.91 Å². The number of nitrogens with zero attached hydrogens (tertiary/aromatic N) is 2. The van der Waals surface area contributed by atoms with Crippen LogP contribution in [0.25, 0.3) is 16.6 Å². The summed E-state index contributed by atoms with van der Waals surface area (Å²) in [5, 5.41) is 3.39. The highest BCUT2D eigenvalue weighted by Gasteiger charge is 2.26. The van der Waals surface area contributed by atoms with Crippen LogP contribution in [0.3, 0.4) is 0 Å². The maximum absolute atomic E-state index is 13.5. The van der Waals surface area contributed by atoms with Gasteiger partial charge in [-0.15, -0.1) is 0 Å². The van der Waals surface area contributed by atoms with Crippen LogP contribution in [0.4, 0.5) is 4.39 Å². The zero-order chi connectivity index (χ0) is 23.7. The lowest BCUT2D eigenvalue weighted by Crippen LogP contribution is -2.37. The Labute approximate surface area is 199 Å². The first-order valence-electron chi connectivity index (χ1n) is 11.0. The van der Waals surface area contributed by atoms with Crippen LogP contribution in [0.1, 0.15) is 24.9 Å². The Balaban J connectivity index is 1.46. The van der Waals surface area contributed by atoms with E-state index < -0.39 is 11.1 Å². The molecule has 0 fully saturated rings. The number of para-hydroxylation sites is 2. The molecule has 1 amide bonds. The number of amides is 1. The van der Waals surface area contributed by atoms with E-state index in [-0.39, 0.29) is 17.5 Å². The molecular formula is C26H22FN3O3S. The predicted octanol–water partition coefficient (Wildman–Crippen LogP) is 4.65. The van der Waals surface area contributed by atoms with E-state index >= 15 is 0 Å². The summed E-state index contributed by atoms with van der Waals surface area (Å²) in [6, 6.07) is 20.2. The van der Waals surface area contributed by atoms with Crippen molar-refractivity contribution in [3.05, 3.63) is 94.5 Å². The highest BCUT2D eigenvalue weighted by Crippen LogP contribution is 2.32. The molecule has 3 aromatic carbocycles. The van der Waals surface area contributed by atoms with Crippen molar-refractivity contribution >= 4 is 28.6 Å². The number of hydrogen-bond donors (Lipinski definition) is 1. The number of benzene rings is 3. The van der Waals surface area contributed by atoms with Gasteiger partial charge in [-0.05, 0) is 49.4 Å². The summed E-state index contributed by atoms with van der Waals surface area (Å²) in [5.41, 5.74) is 1.70.